The van der Waals surface area contributed by atoms with Gasteiger partial charge < -0.3 is 10.6 Å². The fourth-order valence-electron chi connectivity index (χ4n) is 2.93. The molecule has 1 unspecified atom stereocenters. The third kappa shape index (κ3) is 7.85. The molecule has 0 spiro atoms. The van der Waals surface area contributed by atoms with Crippen LogP contribution in [0, 0.1) is 17.3 Å². The number of hydrogen-bond acceptors (Lipinski definition) is 2. The second-order valence-corrected chi connectivity index (χ2v) is 7.29. The Bertz CT molecular complexity index is 279. The van der Waals surface area contributed by atoms with Crippen LogP contribution >= 0.6 is 0 Å². The molecule has 21 heavy (non-hydrogen) atoms. The van der Waals surface area contributed by atoms with Crippen molar-refractivity contribution < 1.29 is 4.79 Å². The lowest BCUT2D eigenvalue weighted by Crippen LogP contribution is -2.35. The topological polar surface area (TPSA) is 46.3 Å². The zero-order chi connectivity index (χ0) is 16.5. The summed E-state index contributed by atoms with van der Waals surface area (Å²) in [7, 11) is 0. The Kier molecular flexibility index (Phi) is 9.93. The van der Waals surface area contributed by atoms with Crippen LogP contribution in [0.4, 0.5) is 0 Å². The van der Waals surface area contributed by atoms with Gasteiger partial charge in [0.25, 0.3) is 0 Å². The fraction of sp³-hybridized carbons (Fsp3) is 0.944. The Labute approximate surface area is 132 Å². The highest BCUT2D eigenvalue weighted by atomic mass is 16.2. The van der Waals surface area contributed by atoms with E-state index in [-0.39, 0.29) is 5.41 Å². The molecule has 0 heterocycles. The molecule has 0 rings (SSSR count). The van der Waals surface area contributed by atoms with E-state index in [1.165, 1.54) is 0 Å². The molecular weight excluding hydrogens is 260 g/mol. The first-order chi connectivity index (χ1) is 9.79. The van der Waals surface area contributed by atoms with Gasteiger partial charge in [-0.25, -0.2) is 0 Å². The van der Waals surface area contributed by atoms with E-state index >= 15 is 0 Å². The van der Waals surface area contributed by atoms with E-state index in [2.05, 4.69) is 41.5 Å². The van der Waals surface area contributed by atoms with Crippen LogP contribution in [0.3, 0.4) is 0 Å². The Morgan fingerprint density at radius 2 is 1.67 bits per heavy atom. The average molecular weight is 299 g/mol. The number of carbonyl (C=O) groups is 1. The summed E-state index contributed by atoms with van der Waals surface area (Å²) in [5.74, 6) is 1.48. The van der Waals surface area contributed by atoms with E-state index in [4.69, 9.17) is 5.73 Å². The lowest BCUT2D eigenvalue weighted by atomic mass is 9.76. The Balaban J connectivity index is 4.49. The van der Waals surface area contributed by atoms with Crippen LogP contribution in [0.5, 0.6) is 0 Å². The van der Waals surface area contributed by atoms with Gasteiger partial charge in [0, 0.05) is 19.5 Å². The van der Waals surface area contributed by atoms with Crippen molar-refractivity contribution in [2.45, 2.75) is 73.6 Å². The first-order valence-corrected chi connectivity index (χ1v) is 8.77. The second kappa shape index (κ2) is 10.2. The molecule has 0 aliphatic heterocycles. The summed E-state index contributed by atoms with van der Waals surface area (Å²) in [5.41, 5.74) is 5.95. The van der Waals surface area contributed by atoms with Gasteiger partial charge in [0.1, 0.15) is 0 Å². The fourth-order valence-corrected chi connectivity index (χ4v) is 2.93. The summed E-state index contributed by atoms with van der Waals surface area (Å²) in [5, 5.41) is 0. The predicted molar refractivity (Wildman–Crippen MR) is 92.2 cm³/mol. The van der Waals surface area contributed by atoms with E-state index in [1.807, 2.05) is 4.90 Å². The Hall–Kier alpha value is -0.570. The van der Waals surface area contributed by atoms with E-state index in [0.717, 1.165) is 38.8 Å². The number of hydrogen-bond donors (Lipinski definition) is 1. The molecule has 0 aliphatic carbocycles. The second-order valence-electron chi connectivity index (χ2n) is 7.29. The average Bonchev–Trinajstić information content (AvgIpc) is 2.43. The van der Waals surface area contributed by atoms with Crippen molar-refractivity contribution in [1.29, 1.82) is 0 Å². The third-order valence-corrected chi connectivity index (χ3v) is 4.81. The summed E-state index contributed by atoms with van der Waals surface area (Å²) in [6, 6.07) is 0. The molecule has 0 radical (unpaired) electrons. The van der Waals surface area contributed by atoms with Crippen molar-refractivity contribution in [3.63, 3.8) is 0 Å². The molecule has 0 fully saturated rings. The highest BCUT2D eigenvalue weighted by Crippen LogP contribution is 2.32. The Morgan fingerprint density at radius 3 is 2.05 bits per heavy atom. The van der Waals surface area contributed by atoms with Crippen molar-refractivity contribution in [2.75, 3.05) is 19.6 Å². The number of rotatable bonds is 10. The lowest BCUT2D eigenvalue weighted by molar-refractivity contribution is -0.132. The third-order valence-electron chi connectivity index (χ3n) is 4.81. The zero-order valence-corrected chi connectivity index (χ0v) is 15.2. The van der Waals surface area contributed by atoms with Crippen LogP contribution in [0.2, 0.25) is 0 Å². The molecule has 0 saturated carbocycles. The van der Waals surface area contributed by atoms with Gasteiger partial charge in [-0.1, -0.05) is 47.5 Å². The molecule has 1 amide bonds. The first kappa shape index (κ1) is 20.4. The van der Waals surface area contributed by atoms with Crippen LogP contribution in [-0.4, -0.2) is 30.4 Å². The standard InChI is InChI=1S/C18H38N2O/c1-7-15(8-2)14-20(9-3)17(21)11-10-16(12-13-19)18(4,5)6/h15-16H,7-14,19H2,1-6H3. The van der Waals surface area contributed by atoms with Crippen LogP contribution in [0.25, 0.3) is 0 Å². The van der Waals surface area contributed by atoms with Gasteiger partial charge in [0.2, 0.25) is 5.91 Å². The highest BCUT2D eigenvalue weighted by molar-refractivity contribution is 5.76. The minimum atomic E-state index is 0.228. The van der Waals surface area contributed by atoms with Crippen molar-refractivity contribution in [2.24, 2.45) is 23.0 Å². The van der Waals surface area contributed by atoms with Crippen LogP contribution in [-0.2, 0) is 4.79 Å². The molecule has 0 saturated heterocycles. The minimum absolute atomic E-state index is 0.228. The maximum atomic E-state index is 12.5. The van der Waals surface area contributed by atoms with E-state index < -0.39 is 0 Å². The molecule has 0 aromatic heterocycles. The zero-order valence-electron chi connectivity index (χ0n) is 15.2. The molecule has 0 bridgehead atoms. The van der Waals surface area contributed by atoms with E-state index in [0.29, 0.717) is 30.7 Å². The van der Waals surface area contributed by atoms with Gasteiger partial charge in [-0.15, -0.1) is 0 Å². The number of nitrogens with zero attached hydrogens (tertiary/aromatic N) is 1. The van der Waals surface area contributed by atoms with Crippen molar-refractivity contribution in [3.8, 4) is 0 Å². The molecule has 3 nitrogen and oxygen atoms in total. The Morgan fingerprint density at radius 1 is 1.10 bits per heavy atom. The predicted octanol–water partition coefficient (Wildman–Crippen LogP) is 4.06. The summed E-state index contributed by atoms with van der Waals surface area (Å²) < 4.78 is 0. The van der Waals surface area contributed by atoms with Crippen LogP contribution in [0.1, 0.15) is 73.6 Å². The highest BCUT2D eigenvalue weighted by Gasteiger charge is 2.25. The smallest absolute Gasteiger partial charge is 0.222 e. The largest absolute Gasteiger partial charge is 0.343 e. The number of carbonyl (C=O) groups excluding carboxylic acids is 1. The molecule has 0 aliphatic rings. The molecule has 2 N–H and O–H groups in total. The van der Waals surface area contributed by atoms with Gasteiger partial charge in [-0.05, 0) is 43.6 Å². The van der Waals surface area contributed by atoms with Crippen molar-refractivity contribution >= 4 is 5.91 Å². The van der Waals surface area contributed by atoms with Gasteiger partial charge >= 0.3 is 0 Å². The van der Waals surface area contributed by atoms with Gasteiger partial charge in [0.05, 0.1) is 0 Å². The quantitative estimate of drug-likeness (QED) is 0.661. The van der Waals surface area contributed by atoms with Gasteiger partial charge in [-0.2, -0.15) is 0 Å². The molecule has 3 heteroatoms. The van der Waals surface area contributed by atoms with Crippen LogP contribution in [0.15, 0.2) is 0 Å². The molecule has 126 valence electrons. The number of nitrogens with two attached hydrogens (primary N) is 1. The molecule has 0 aromatic carbocycles. The first-order valence-electron chi connectivity index (χ1n) is 8.77. The lowest BCUT2D eigenvalue weighted by Gasteiger charge is -2.32. The van der Waals surface area contributed by atoms with E-state index in [9.17, 15) is 4.79 Å². The monoisotopic (exact) mass is 298 g/mol. The minimum Gasteiger partial charge on any atom is -0.343 e. The van der Waals surface area contributed by atoms with Crippen molar-refractivity contribution in [3.05, 3.63) is 0 Å². The summed E-state index contributed by atoms with van der Waals surface area (Å²) >= 11 is 0. The normalized spacial score (nSPS) is 13.5. The van der Waals surface area contributed by atoms with Gasteiger partial charge in [0.15, 0.2) is 0 Å². The summed E-state index contributed by atoms with van der Waals surface area (Å²) in [4.78, 5) is 14.5. The van der Waals surface area contributed by atoms with E-state index in [1.54, 1.807) is 0 Å². The van der Waals surface area contributed by atoms with Gasteiger partial charge in [-0.3, -0.25) is 4.79 Å². The molecule has 0 aromatic rings. The van der Waals surface area contributed by atoms with Crippen LogP contribution < -0.4 is 5.73 Å². The maximum absolute atomic E-state index is 12.5. The number of amides is 1. The van der Waals surface area contributed by atoms with Crippen molar-refractivity contribution in [1.82, 2.24) is 4.90 Å². The molecule has 1 atom stereocenters. The summed E-state index contributed by atoms with van der Waals surface area (Å²) in [6.45, 7) is 15.7. The molecular formula is C18H38N2O. The summed E-state index contributed by atoms with van der Waals surface area (Å²) in [6.07, 6.45) is 4.93. The SMILES string of the molecule is CCC(CC)CN(CC)C(=O)CCC(CCN)C(C)(C)C. The maximum Gasteiger partial charge on any atom is 0.222 e.